The molecule has 0 unspecified atom stereocenters. The van der Waals surface area contributed by atoms with E-state index in [1.807, 2.05) is 13.0 Å². The van der Waals surface area contributed by atoms with Crippen molar-refractivity contribution in [1.82, 2.24) is 0 Å². The second-order valence-electron chi connectivity index (χ2n) is 1.62. The van der Waals surface area contributed by atoms with Gasteiger partial charge in [-0.3, -0.25) is 0 Å². The van der Waals surface area contributed by atoms with Crippen LogP contribution in [0.2, 0.25) is 0 Å². The highest BCUT2D eigenvalue weighted by molar-refractivity contribution is 4.89. The summed E-state index contributed by atoms with van der Waals surface area (Å²) < 4.78 is 0. The Kier molecular flexibility index (Phi) is 4.27. The Labute approximate surface area is 50.3 Å². The van der Waals surface area contributed by atoms with E-state index < -0.39 is 0 Å². The third-order valence-corrected chi connectivity index (χ3v) is 0.823. The third kappa shape index (κ3) is 3.62. The highest BCUT2D eigenvalue weighted by Crippen LogP contribution is 1.92. The molecule has 0 spiro atoms. The maximum Gasteiger partial charge on any atom is 0.0755 e. The minimum Gasteiger partial charge on any atom is -0.389 e. The summed E-state index contributed by atoms with van der Waals surface area (Å²) >= 11 is 0. The van der Waals surface area contributed by atoms with E-state index in [0.717, 1.165) is 0 Å². The van der Waals surface area contributed by atoms with Gasteiger partial charge in [-0.15, -0.1) is 6.58 Å². The zero-order valence-electron chi connectivity index (χ0n) is 5.17. The number of aliphatic hydroxyl groups is 1. The molecular formula is C7H12O. The van der Waals surface area contributed by atoms with Crippen molar-refractivity contribution in [2.45, 2.75) is 19.4 Å². The number of hydrogen-bond donors (Lipinski definition) is 1. The number of allylic oxidation sites excluding steroid dienone is 1. The molecule has 0 amide bonds. The van der Waals surface area contributed by atoms with Gasteiger partial charge in [0.25, 0.3) is 0 Å². The lowest BCUT2D eigenvalue weighted by molar-refractivity contribution is 0.227. The van der Waals surface area contributed by atoms with E-state index >= 15 is 0 Å². The third-order valence-electron chi connectivity index (χ3n) is 0.823. The van der Waals surface area contributed by atoms with Gasteiger partial charge >= 0.3 is 0 Å². The Bertz CT molecular complexity index is 84.4. The predicted molar refractivity (Wildman–Crippen MR) is 35.6 cm³/mol. The van der Waals surface area contributed by atoms with Crippen LogP contribution in [0.5, 0.6) is 0 Å². The fourth-order valence-electron chi connectivity index (χ4n) is 0.471. The van der Waals surface area contributed by atoms with Crippen LogP contribution < -0.4 is 0 Å². The average Bonchev–Trinajstić information content (AvgIpc) is 1.68. The second kappa shape index (κ2) is 4.60. The van der Waals surface area contributed by atoms with Crippen molar-refractivity contribution < 1.29 is 5.11 Å². The molecule has 1 heteroatoms. The molecule has 0 aromatic carbocycles. The Morgan fingerprint density at radius 2 is 2.38 bits per heavy atom. The number of rotatable bonds is 3. The van der Waals surface area contributed by atoms with Gasteiger partial charge in [0.15, 0.2) is 0 Å². The van der Waals surface area contributed by atoms with E-state index in [1.165, 1.54) is 0 Å². The largest absolute Gasteiger partial charge is 0.389 e. The zero-order chi connectivity index (χ0) is 6.41. The van der Waals surface area contributed by atoms with Crippen LogP contribution in [0.15, 0.2) is 24.8 Å². The summed E-state index contributed by atoms with van der Waals surface area (Å²) in [5, 5.41) is 8.89. The van der Waals surface area contributed by atoms with E-state index in [-0.39, 0.29) is 6.10 Å². The molecule has 0 fully saturated rings. The first kappa shape index (κ1) is 7.44. The monoisotopic (exact) mass is 112 g/mol. The Hall–Kier alpha value is -0.560. The molecule has 1 N–H and O–H groups in total. The van der Waals surface area contributed by atoms with Gasteiger partial charge in [0, 0.05) is 0 Å². The van der Waals surface area contributed by atoms with Gasteiger partial charge in [-0.1, -0.05) is 18.2 Å². The molecular weight excluding hydrogens is 100 g/mol. The fourth-order valence-corrected chi connectivity index (χ4v) is 0.471. The predicted octanol–water partition coefficient (Wildman–Crippen LogP) is 1.50. The molecule has 0 aliphatic carbocycles. The van der Waals surface area contributed by atoms with Crippen LogP contribution in [0.25, 0.3) is 0 Å². The number of hydrogen-bond acceptors (Lipinski definition) is 1. The summed E-state index contributed by atoms with van der Waals surface area (Å²) in [4.78, 5) is 0. The van der Waals surface area contributed by atoms with E-state index in [2.05, 4.69) is 6.58 Å². The summed E-state index contributed by atoms with van der Waals surface area (Å²) in [6.07, 6.45) is 5.57. The first-order chi connectivity index (χ1) is 3.81. The molecule has 0 radical (unpaired) electrons. The fraction of sp³-hybridized carbons (Fsp3) is 0.429. The van der Waals surface area contributed by atoms with E-state index in [9.17, 15) is 0 Å². The summed E-state index contributed by atoms with van der Waals surface area (Å²) in [6, 6.07) is 0. The van der Waals surface area contributed by atoms with Crippen molar-refractivity contribution in [2.75, 3.05) is 0 Å². The van der Waals surface area contributed by atoms with Crippen molar-refractivity contribution in [3.63, 3.8) is 0 Å². The van der Waals surface area contributed by atoms with Crippen LogP contribution in [-0.4, -0.2) is 11.2 Å². The summed E-state index contributed by atoms with van der Waals surface area (Å²) in [5.74, 6) is 0. The van der Waals surface area contributed by atoms with Crippen LogP contribution in [0, 0.1) is 0 Å². The molecule has 0 saturated heterocycles. The molecule has 1 nitrogen and oxygen atoms in total. The molecule has 0 aliphatic heterocycles. The minimum atomic E-state index is -0.336. The lowest BCUT2D eigenvalue weighted by atomic mass is 10.2. The van der Waals surface area contributed by atoms with E-state index in [1.54, 1.807) is 12.2 Å². The van der Waals surface area contributed by atoms with Gasteiger partial charge < -0.3 is 5.11 Å². The van der Waals surface area contributed by atoms with E-state index in [0.29, 0.717) is 6.42 Å². The smallest absolute Gasteiger partial charge is 0.0755 e. The highest BCUT2D eigenvalue weighted by Gasteiger charge is 1.90. The maximum absolute atomic E-state index is 8.89. The van der Waals surface area contributed by atoms with Gasteiger partial charge in [-0.05, 0) is 13.3 Å². The van der Waals surface area contributed by atoms with Crippen molar-refractivity contribution in [1.29, 1.82) is 0 Å². The number of aliphatic hydroxyl groups excluding tert-OH is 1. The molecule has 0 heterocycles. The van der Waals surface area contributed by atoms with Crippen LogP contribution in [0.4, 0.5) is 0 Å². The molecule has 1 atom stereocenters. The first-order valence-electron chi connectivity index (χ1n) is 2.73. The van der Waals surface area contributed by atoms with Gasteiger partial charge in [-0.25, -0.2) is 0 Å². The van der Waals surface area contributed by atoms with E-state index in [4.69, 9.17) is 5.11 Å². The highest BCUT2D eigenvalue weighted by atomic mass is 16.3. The maximum atomic E-state index is 8.89. The van der Waals surface area contributed by atoms with Gasteiger partial charge in [0.2, 0.25) is 0 Å². The summed E-state index contributed by atoms with van der Waals surface area (Å²) in [6.45, 7) is 5.37. The van der Waals surface area contributed by atoms with Crippen molar-refractivity contribution >= 4 is 0 Å². The molecule has 8 heavy (non-hydrogen) atoms. The van der Waals surface area contributed by atoms with Crippen molar-refractivity contribution in [2.24, 2.45) is 0 Å². The van der Waals surface area contributed by atoms with Gasteiger partial charge in [-0.2, -0.15) is 0 Å². The summed E-state index contributed by atoms with van der Waals surface area (Å²) in [7, 11) is 0. The molecule has 0 aliphatic rings. The van der Waals surface area contributed by atoms with Crippen LogP contribution in [-0.2, 0) is 0 Å². The molecule has 0 rings (SSSR count). The molecule has 0 aromatic heterocycles. The standard InChI is InChI=1S/C7H12O/c1-3-5-7(8)6-4-2/h3-4,6-8H,1,5H2,2H3/b6-4+/t7-/m0/s1. The zero-order valence-corrected chi connectivity index (χ0v) is 5.17. The van der Waals surface area contributed by atoms with Crippen molar-refractivity contribution in [3.05, 3.63) is 24.8 Å². The van der Waals surface area contributed by atoms with Gasteiger partial charge in [0.1, 0.15) is 0 Å². The van der Waals surface area contributed by atoms with Gasteiger partial charge in [0.05, 0.1) is 6.10 Å². The molecule has 0 aromatic rings. The lowest BCUT2D eigenvalue weighted by Gasteiger charge is -1.96. The van der Waals surface area contributed by atoms with Crippen molar-refractivity contribution in [3.8, 4) is 0 Å². The molecule has 0 saturated carbocycles. The van der Waals surface area contributed by atoms with Crippen LogP contribution >= 0.6 is 0 Å². The topological polar surface area (TPSA) is 20.2 Å². The quantitative estimate of drug-likeness (QED) is 0.548. The first-order valence-corrected chi connectivity index (χ1v) is 2.73. The van der Waals surface area contributed by atoms with Crippen LogP contribution in [0.1, 0.15) is 13.3 Å². The molecule has 46 valence electrons. The Balaban J connectivity index is 3.31. The SMILES string of the molecule is C=CC[C@H](O)/C=C/C. The Morgan fingerprint density at radius 1 is 1.75 bits per heavy atom. The van der Waals surface area contributed by atoms with Crippen LogP contribution in [0.3, 0.4) is 0 Å². The summed E-state index contributed by atoms with van der Waals surface area (Å²) in [5.41, 5.74) is 0. The average molecular weight is 112 g/mol. The normalized spacial score (nSPS) is 14.2. The Morgan fingerprint density at radius 3 is 2.75 bits per heavy atom. The second-order valence-corrected chi connectivity index (χ2v) is 1.62. The lowest BCUT2D eigenvalue weighted by Crippen LogP contribution is -1.97. The molecule has 0 bridgehead atoms. The minimum absolute atomic E-state index is 0.336.